The average Bonchev–Trinajstić information content (AvgIpc) is 3.21. The minimum absolute atomic E-state index is 0.0443. The third-order valence-corrected chi connectivity index (χ3v) is 8.02. The van der Waals surface area contributed by atoms with Gasteiger partial charge in [-0.1, -0.05) is 11.6 Å². The summed E-state index contributed by atoms with van der Waals surface area (Å²) in [6, 6.07) is 4.95. The van der Waals surface area contributed by atoms with Crippen molar-refractivity contribution in [3.05, 3.63) is 34.5 Å². The number of aromatic nitrogens is 1. The molecule has 1 heterocycles. The number of benzene rings is 1. The van der Waals surface area contributed by atoms with E-state index in [2.05, 4.69) is 4.98 Å². The number of carbonyl (C=O) groups is 5. The van der Waals surface area contributed by atoms with Crippen LogP contribution >= 0.6 is 11.6 Å². The number of phenols is 1. The molecule has 36 heavy (non-hydrogen) atoms. The Kier molecular flexibility index (Phi) is 5.38. The number of Topliss-reactive ketones (excluding diaryl/α,β-unsaturated/α-hetero) is 4. The Morgan fingerprint density at radius 2 is 1.86 bits per heavy atom. The first-order valence-corrected chi connectivity index (χ1v) is 11.8. The van der Waals surface area contributed by atoms with Gasteiger partial charge in [0.1, 0.15) is 10.9 Å². The normalized spacial score (nSPS) is 29.4. The average molecular weight is 514 g/mol. The van der Waals surface area contributed by atoms with Gasteiger partial charge in [0.05, 0.1) is 17.2 Å². The first-order chi connectivity index (χ1) is 16.9. The number of H-pyrrole nitrogens is 1. The van der Waals surface area contributed by atoms with E-state index in [0.29, 0.717) is 27.7 Å². The van der Waals surface area contributed by atoms with Crippen molar-refractivity contribution >= 4 is 46.3 Å². The molecule has 188 valence electrons. The number of fused-ring (bicyclic) bond motifs is 3. The molecule has 11 heteroatoms. The number of primary amides is 1. The molecule has 5 atom stereocenters. The van der Waals surface area contributed by atoms with Gasteiger partial charge in [-0.3, -0.25) is 24.0 Å². The zero-order chi connectivity index (χ0) is 26.3. The summed E-state index contributed by atoms with van der Waals surface area (Å²) in [7, 11) is 3.56. The summed E-state index contributed by atoms with van der Waals surface area (Å²) >= 11 is 6.01. The number of nitrogens with two attached hydrogens (primary N) is 1. The summed E-state index contributed by atoms with van der Waals surface area (Å²) in [5.41, 5.74) is 4.41. The number of ketones is 4. The van der Waals surface area contributed by atoms with E-state index in [4.69, 9.17) is 17.3 Å². The molecule has 10 nitrogen and oxygen atoms in total. The van der Waals surface area contributed by atoms with Crippen molar-refractivity contribution in [3.8, 4) is 17.0 Å². The van der Waals surface area contributed by atoms with Gasteiger partial charge in [-0.2, -0.15) is 0 Å². The highest BCUT2D eigenvalue weighted by atomic mass is 35.5. The van der Waals surface area contributed by atoms with Gasteiger partial charge in [0, 0.05) is 37.7 Å². The van der Waals surface area contributed by atoms with Gasteiger partial charge in [0.15, 0.2) is 34.7 Å². The summed E-state index contributed by atoms with van der Waals surface area (Å²) in [4.78, 5) is 69.4. The number of anilines is 1. The number of aliphatic hydroxyl groups is 1. The van der Waals surface area contributed by atoms with Crippen LogP contribution in [0, 0.1) is 23.7 Å². The van der Waals surface area contributed by atoms with E-state index in [9.17, 15) is 34.2 Å². The summed E-state index contributed by atoms with van der Waals surface area (Å²) in [5.74, 6) is -10.4. The van der Waals surface area contributed by atoms with Crippen LogP contribution in [0.25, 0.3) is 11.3 Å². The highest BCUT2D eigenvalue weighted by Gasteiger charge is 2.66. The summed E-state index contributed by atoms with van der Waals surface area (Å²) in [6.45, 7) is 0. The monoisotopic (exact) mass is 513 g/mol. The second-order valence-electron chi connectivity index (χ2n) is 10.00. The second kappa shape index (κ2) is 8.01. The predicted octanol–water partition coefficient (Wildman–Crippen LogP) is 1.04. The topological polar surface area (TPSA) is 171 Å². The van der Waals surface area contributed by atoms with Gasteiger partial charge >= 0.3 is 0 Å². The van der Waals surface area contributed by atoms with Gasteiger partial charge in [0.2, 0.25) is 5.91 Å². The van der Waals surface area contributed by atoms with Crippen molar-refractivity contribution in [2.45, 2.75) is 24.9 Å². The molecular weight excluding hydrogens is 490 g/mol. The summed E-state index contributed by atoms with van der Waals surface area (Å²) < 4.78 is 0. The molecule has 3 aliphatic rings. The lowest BCUT2D eigenvalue weighted by molar-refractivity contribution is -0.175. The number of rotatable bonds is 3. The predicted molar refractivity (Wildman–Crippen MR) is 128 cm³/mol. The van der Waals surface area contributed by atoms with Gasteiger partial charge < -0.3 is 25.8 Å². The zero-order valence-corrected chi connectivity index (χ0v) is 20.3. The minimum atomic E-state index is -2.67. The maximum atomic E-state index is 13.8. The van der Waals surface area contributed by atoms with E-state index in [1.54, 1.807) is 37.2 Å². The van der Waals surface area contributed by atoms with E-state index < -0.39 is 58.3 Å². The molecule has 2 unspecified atom stereocenters. The van der Waals surface area contributed by atoms with Crippen molar-refractivity contribution in [1.82, 2.24) is 4.98 Å². The number of nitrogens with zero attached hydrogens (tertiary/aromatic N) is 1. The van der Waals surface area contributed by atoms with E-state index in [1.165, 1.54) is 0 Å². The maximum absolute atomic E-state index is 13.8. The fraction of sp³-hybridized carbons (Fsp3) is 0.400. The fourth-order valence-corrected chi connectivity index (χ4v) is 6.31. The number of hydrogen-bond acceptors (Lipinski definition) is 8. The highest BCUT2D eigenvalue weighted by Crippen LogP contribution is 2.52. The molecule has 1 aromatic carbocycles. The number of aromatic amines is 1. The van der Waals surface area contributed by atoms with Crippen LogP contribution in [0.2, 0.25) is 5.15 Å². The first-order valence-electron chi connectivity index (χ1n) is 11.5. The number of carbonyl (C=O) groups excluding carboxylic acids is 5. The molecule has 1 amide bonds. The van der Waals surface area contributed by atoms with E-state index in [1.807, 2.05) is 0 Å². The Balaban J connectivity index is 1.66. The number of phenolic OH excluding ortho intramolecular Hbond substituents is 1. The smallest absolute Gasteiger partial charge is 0.235 e. The second-order valence-corrected chi connectivity index (χ2v) is 10.4. The van der Waals surface area contributed by atoms with Crippen molar-refractivity contribution in [1.29, 1.82) is 0 Å². The maximum Gasteiger partial charge on any atom is 0.235 e. The number of amides is 1. The van der Waals surface area contributed by atoms with Crippen LogP contribution in [0.4, 0.5) is 5.69 Å². The van der Waals surface area contributed by atoms with Gasteiger partial charge in [-0.05, 0) is 42.5 Å². The van der Waals surface area contributed by atoms with E-state index in [0.717, 1.165) is 0 Å². The van der Waals surface area contributed by atoms with Crippen molar-refractivity contribution in [2.24, 2.45) is 29.4 Å². The third-order valence-electron chi connectivity index (χ3n) is 7.80. The van der Waals surface area contributed by atoms with Crippen LogP contribution in [0.15, 0.2) is 18.2 Å². The van der Waals surface area contributed by atoms with Crippen LogP contribution in [-0.2, 0) is 25.6 Å². The Hall–Kier alpha value is -3.50. The molecule has 0 radical (unpaired) electrons. The van der Waals surface area contributed by atoms with Gasteiger partial charge in [-0.25, -0.2) is 0 Å². The number of hydrogen-bond donors (Lipinski definition) is 4. The standard InChI is InChI=1S/C25H24ClN3O7/c1-29(2)14-8-11(13-3-4-16(26)28-13)20(31)18-12(14)6-9-5-10-7-15(30)19(24(27)35)23(34)25(10,36)22(33)17(9)21(18)32/h3-4,8-10,17,19,28,31,36H,5-7H2,1-2H3,(H2,27,35)/t9-,10+,17?,19?,25+/m1/s1. The zero-order valence-electron chi connectivity index (χ0n) is 19.5. The lowest BCUT2D eigenvalue weighted by atomic mass is 9.53. The molecule has 0 saturated heterocycles. The summed E-state index contributed by atoms with van der Waals surface area (Å²) in [5, 5.41) is 22.8. The lowest BCUT2D eigenvalue weighted by Gasteiger charge is -2.48. The molecule has 2 fully saturated rings. The highest BCUT2D eigenvalue weighted by molar-refractivity contribution is 6.32. The van der Waals surface area contributed by atoms with Crippen LogP contribution in [0.3, 0.4) is 0 Å². The van der Waals surface area contributed by atoms with Crippen molar-refractivity contribution in [3.63, 3.8) is 0 Å². The SMILES string of the molecule is CN(C)c1cc(-c2ccc(Cl)[nH]2)c(O)c2c1C[C@H]1C[C@H]3CC(=O)C(C(N)=O)C(=O)[C@@]3(O)C(=O)C1C2=O. The molecule has 2 aromatic rings. The quantitative estimate of drug-likeness (QED) is 0.441. The minimum Gasteiger partial charge on any atom is -0.506 e. The van der Waals surface area contributed by atoms with Crippen LogP contribution in [-0.4, -0.2) is 63.9 Å². The van der Waals surface area contributed by atoms with Crippen LogP contribution < -0.4 is 10.6 Å². The van der Waals surface area contributed by atoms with E-state index >= 15 is 0 Å². The largest absolute Gasteiger partial charge is 0.506 e. The third kappa shape index (κ3) is 3.17. The van der Waals surface area contributed by atoms with Crippen LogP contribution in [0.5, 0.6) is 5.75 Å². The molecular formula is C25H24ClN3O7. The Morgan fingerprint density at radius 1 is 1.17 bits per heavy atom. The fourth-order valence-electron chi connectivity index (χ4n) is 6.14. The van der Waals surface area contributed by atoms with Crippen molar-refractivity contribution in [2.75, 3.05) is 19.0 Å². The van der Waals surface area contributed by atoms with Gasteiger partial charge in [0.25, 0.3) is 0 Å². The Morgan fingerprint density at radius 3 is 2.44 bits per heavy atom. The molecule has 3 aliphatic carbocycles. The molecule has 0 spiro atoms. The number of halogens is 1. The Labute approximate surface area is 210 Å². The number of aromatic hydroxyl groups is 1. The lowest BCUT2D eigenvalue weighted by Crippen LogP contribution is -2.68. The molecule has 5 N–H and O–H groups in total. The van der Waals surface area contributed by atoms with E-state index in [-0.39, 0.29) is 30.6 Å². The van der Waals surface area contributed by atoms with Crippen LogP contribution in [0.1, 0.15) is 28.8 Å². The molecule has 0 bridgehead atoms. The molecule has 5 rings (SSSR count). The first kappa shape index (κ1) is 24.2. The molecule has 1 aromatic heterocycles. The number of nitrogens with one attached hydrogen (secondary N) is 1. The molecule has 2 saturated carbocycles. The van der Waals surface area contributed by atoms with Crippen molar-refractivity contribution < 1.29 is 34.2 Å². The van der Waals surface area contributed by atoms with Gasteiger partial charge in [-0.15, -0.1) is 0 Å². The Bertz CT molecular complexity index is 1380. The molecule has 0 aliphatic heterocycles. The summed E-state index contributed by atoms with van der Waals surface area (Å²) in [6.07, 6.45) is -0.120.